The Hall–Kier alpha value is -4.62. The maximum absolute atomic E-state index is 2.62. The molecule has 6 aromatic carbocycles. The summed E-state index contributed by atoms with van der Waals surface area (Å²) in [5.74, 6) is 0.980. The molecule has 2 aliphatic carbocycles. The molecule has 0 atom stereocenters. The van der Waals surface area contributed by atoms with E-state index in [0.717, 1.165) is 0 Å². The number of hydrogen-bond acceptors (Lipinski definition) is 1. The Morgan fingerprint density at radius 2 is 1.31 bits per heavy atom. The van der Waals surface area contributed by atoms with E-state index in [0.29, 0.717) is 11.8 Å². The molecular weight excluding hydrogens is 579 g/mol. The molecule has 0 spiro atoms. The van der Waals surface area contributed by atoms with Crippen LogP contribution in [0.2, 0.25) is 0 Å². The highest BCUT2D eigenvalue weighted by Gasteiger charge is 2.37. The fraction of sp³-hybridized carbons (Fsp3) is 0.277. The van der Waals surface area contributed by atoms with E-state index in [-0.39, 0.29) is 5.41 Å². The normalized spacial score (nSPS) is 15.5. The Kier molecular flexibility index (Phi) is 7.75. The van der Waals surface area contributed by atoms with Gasteiger partial charge in [-0.25, -0.2) is 0 Å². The fourth-order valence-electron chi connectivity index (χ4n) is 8.83. The number of anilines is 3. The topological polar surface area (TPSA) is 3.24 Å². The van der Waals surface area contributed by atoms with Gasteiger partial charge in [-0.2, -0.15) is 0 Å². The number of fused-ring (bicyclic) bond motifs is 4. The lowest BCUT2D eigenvalue weighted by Crippen LogP contribution is -2.18. The summed E-state index contributed by atoms with van der Waals surface area (Å²) in [6, 6.07) is 46.2. The molecule has 0 aliphatic heterocycles. The molecule has 48 heavy (non-hydrogen) atoms. The molecule has 1 saturated carbocycles. The molecule has 0 bridgehead atoms. The molecule has 1 fully saturated rings. The lowest BCUT2D eigenvalue weighted by atomic mass is 9.81. The van der Waals surface area contributed by atoms with Crippen LogP contribution in [0.4, 0.5) is 17.1 Å². The van der Waals surface area contributed by atoms with E-state index in [9.17, 15) is 0 Å². The van der Waals surface area contributed by atoms with E-state index in [1.165, 1.54) is 110 Å². The number of benzene rings is 6. The van der Waals surface area contributed by atoms with Crippen LogP contribution in [-0.2, 0) is 5.41 Å². The predicted molar refractivity (Wildman–Crippen MR) is 206 cm³/mol. The molecule has 0 amide bonds. The van der Waals surface area contributed by atoms with Crippen molar-refractivity contribution in [3.8, 4) is 22.3 Å². The Labute approximate surface area is 287 Å². The van der Waals surface area contributed by atoms with Crippen LogP contribution >= 0.6 is 0 Å². The Morgan fingerprint density at radius 1 is 0.604 bits per heavy atom. The number of aryl methyl sites for hydroxylation is 1. The molecule has 0 heterocycles. The largest absolute Gasteiger partial charge is 0.310 e. The van der Waals surface area contributed by atoms with Crippen LogP contribution in [0.5, 0.6) is 0 Å². The highest BCUT2D eigenvalue weighted by molar-refractivity contribution is 5.99. The third-order valence-electron chi connectivity index (χ3n) is 11.4. The number of nitrogens with zero attached hydrogens (tertiary/aromatic N) is 1. The minimum Gasteiger partial charge on any atom is -0.310 e. The summed E-state index contributed by atoms with van der Waals surface area (Å²) in [7, 11) is 0. The first kappa shape index (κ1) is 30.7. The van der Waals surface area contributed by atoms with Gasteiger partial charge in [0.15, 0.2) is 0 Å². The number of rotatable bonds is 6. The molecule has 0 saturated heterocycles. The first-order valence-electron chi connectivity index (χ1n) is 18.1. The summed E-state index contributed by atoms with van der Waals surface area (Å²) in [6.07, 6.45) is 6.50. The van der Waals surface area contributed by atoms with Crippen LogP contribution in [0.25, 0.3) is 33.0 Å². The molecule has 0 N–H and O–H groups in total. The highest BCUT2D eigenvalue weighted by atomic mass is 15.1. The van der Waals surface area contributed by atoms with Gasteiger partial charge in [-0.1, -0.05) is 138 Å². The predicted octanol–water partition coefficient (Wildman–Crippen LogP) is 13.8. The molecule has 0 radical (unpaired) electrons. The summed E-state index contributed by atoms with van der Waals surface area (Å²) in [5, 5.41) is 2.54. The Bertz CT molecular complexity index is 2140. The third-order valence-corrected chi connectivity index (χ3v) is 11.4. The van der Waals surface area contributed by atoms with Crippen molar-refractivity contribution in [3.05, 3.63) is 149 Å². The molecule has 8 rings (SSSR count). The quantitative estimate of drug-likeness (QED) is 0.178. The molecule has 240 valence electrons. The van der Waals surface area contributed by atoms with Gasteiger partial charge in [0.1, 0.15) is 0 Å². The second kappa shape index (κ2) is 12.1. The van der Waals surface area contributed by atoms with Crippen LogP contribution in [-0.4, -0.2) is 0 Å². The van der Waals surface area contributed by atoms with Crippen LogP contribution in [0.1, 0.15) is 99.5 Å². The van der Waals surface area contributed by atoms with Gasteiger partial charge in [-0.05, 0) is 117 Å². The van der Waals surface area contributed by atoms with Crippen molar-refractivity contribution in [2.45, 2.75) is 84.0 Å². The van der Waals surface area contributed by atoms with Gasteiger partial charge >= 0.3 is 0 Å². The van der Waals surface area contributed by atoms with Crippen molar-refractivity contribution in [1.82, 2.24) is 0 Å². The van der Waals surface area contributed by atoms with Crippen molar-refractivity contribution >= 4 is 27.8 Å². The summed E-state index contributed by atoms with van der Waals surface area (Å²) in [5.41, 5.74) is 16.2. The van der Waals surface area contributed by atoms with Crippen LogP contribution in [0, 0.1) is 6.92 Å². The Morgan fingerprint density at radius 3 is 2.10 bits per heavy atom. The zero-order chi connectivity index (χ0) is 33.0. The molecule has 1 heteroatoms. The minimum absolute atomic E-state index is 0.0856. The van der Waals surface area contributed by atoms with Crippen molar-refractivity contribution in [3.63, 3.8) is 0 Å². The molecular formula is C47H47N. The number of hydrogen-bond donors (Lipinski definition) is 0. The van der Waals surface area contributed by atoms with Crippen LogP contribution in [0.3, 0.4) is 0 Å². The van der Waals surface area contributed by atoms with Gasteiger partial charge in [0.25, 0.3) is 0 Å². The lowest BCUT2D eigenvalue weighted by molar-refractivity contribution is 0.444. The molecule has 2 aliphatic rings. The van der Waals surface area contributed by atoms with E-state index in [2.05, 4.69) is 161 Å². The second-order valence-corrected chi connectivity index (χ2v) is 15.0. The molecule has 0 aromatic heterocycles. The summed E-state index contributed by atoms with van der Waals surface area (Å²) < 4.78 is 0. The van der Waals surface area contributed by atoms with Gasteiger partial charge in [0, 0.05) is 22.4 Å². The fourth-order valence-corrected chi connectivity index (χ4v) is 8.83. The second-order valence-electron chi connectivity index (χ2n) is 15.0. The van der Waals surface area contributed by atoms with Gasteiger partial charge in [-0.15, -0.1) is 0 Å². The third kappa shape index (κ3) is 5.07. The average Bonchev–Trinajstić information content (AvgIpc) is 3.35. The van der Waals surface area contributed by atoms with Gasteiger partial charge in [-0.3, -0.25) is 0 Å². The maximum Gasteiger partial charge on any atom is 0.0546 e. The summed E-state index contributed by atoms with van der Waals surface area (Å²) in [4.78, 5) is 2.62. The minimum atomic E-state index is -0.0856. The SMILES string of the molecule is Cc1cccc2c1-c1ccc(N(c3cc4ccccc4cc3-c3ccccc3C(C)C)c3ccccc3C3CCCCC3)cc1C2(C)C. The Balaban J connectivity index is 1.43. The zero-order valence-corrected chi connectivity index (χ0v) is 29.2. The standard InChI is InChI=1S/C47H47N/c1-31(2)37-21-11-12-23-39(37)41-28-34-19-9-10-20-35(34)29-45(41)48(44-25-14-13-22-38(44)33-17-7-6-8-18-33)36-26-27-40-43(30-36)47(4,5)42-24-15-16-32(3)46(40)42/h9-16,19-31,33H,6-8,17-18H2,1-5H3. The first-order chi connectivity index (χ1) is 23.3. The molecule has 6 aromatic rings. The lowest BCUT2D eigenvalue weighted by Gasteiger charge is -2.34. The smallest absolute Gasteiger partial charge is 0.0546 e. The maximum atomic E-state index is 2.62. The van der Waals surface area contributed by atoms with E-state index < -0.39 is 0 Å². The number of para-hydroxylation sites is 1. The van der Waals surface area contributed by atoms with Gasteiger partial charge in [0.05, 0.1) is 5.69 Å². The summed E-state index contributed by atoms with van der Waals surface area (Å²) in [6.45, 7) is 11.7. The van der Waals surface area contributed by atoms with Crippen molar-refractivity contribution in [2.75, 3.05) is 4.90 Å². The molecule has 1 nitrogen and oxygen atoms in total. The van der Waals surface area contributed by atoms with E-state index in [1.807, 2.05) is 0 Å². The monoisotopic (exact) mass is 625 g/mol. The van der Waals surface area contributed by atoms with Crippen molar-refractivity contribution in [2.24, 2.45) is 0 Å². The molecule has 0 unspecified atom stereocenters. The highest BCUT2D eigenvalue weighted by Crippen LogP contribution is 2.53. The van der Waals surface area contributed by atoms with Crippen LogP contribution < -0.4 is 4.90 Å². The van der Waals surface area contributed by atoms with Gasteiger partial charge in [0.2, 0.25) is 0 Å². The zero-order valence-electron chi connectivity index (χ0n) is 29.2. The van der Waals surface area contributed by atoms with E-state index >= 15 is 0 Å². The van der Waals surface area contributed by atoms with E-state index in [1.54, 1.807) is 0 Å². The van der Waals surface area contributed by atoms with E-state index in [4.69, 9.17) is 0 Å². The van der Waals surface area contributed by atoms with Crippen molar-refractivity contribution in [1.29, 1.82) is 0 Å². The van der Waals surface area contributed by atoms with Gasteiger partial charge < -0.3 is 4.90 Å². The average molecular weight is 626 g/mol. The first-order valence-corrected chi connectivity index (χ1v) is 18.1. The van der Waals surface area contributed by atoms with Crippen LogP contribution in [0.15, 0.2) is 121 Å². The summed E-state index contributed by atoms with van der Waals surface area (Å²) >= 11 is 0. The van der Waals surface area contributed by atoms with Crippen molar-refractivity contribution < 1.29 is 0 Å².